The zero-order chi connectivity index (χ0) is 14.9. The fourth-order valence-corrected chi connectivity index (χ4v) is 2.20. The summed E-state index contributed by atoms with van der Waals surface area (Å²) in [6.45, 7) is 4.43. The SMILES string of the molecule is CCC1(CC)CN(c2ncc(C(=O)O)c(N)n2)C(=O)N1. The zero-order valence-electron chi connectivity index (χ0n) is 11.4. The first-order valence-corrected chi connectivity index (χ1v) is 6.38. The smallest absolute Gasteiger partial charge is 0.341 e. The van der Waals surface area contributed by atoms with Gasteiger partial charge in [-0.05, 0) is 12.8 Å². The average molecular weight is 279 g/mol. The minimum atomic E-state index is -1.20. The molecule has 4 N–H and O–H groups in total. The number of nitrogens with zero attached hydrogens (tertiary/aromatic N) is 3. The molecule has 1 aliphatic heterocycles. The molecule has 0 radical (unpaired) electrons. The number of nitrogens with one attached hydrogen (secondary N) is 1. The van der Waals surface area contributed by atoms with Gasteiger partial charge in [-0.15, -0.1) is 0 Å². The summed E-state index contributed by atoms with van der Waals surface area (Å²) in [6.07, 6.45) is 2.69. The normalized spacial score (nSPS) is 17.1. The highest BCUT2D eigenvalue weighted by atomic mass is 16.4. The molecule has 1 aromatic heterocycles. The van der Waals surface area contributed by atoms with Crippen molar-refractivity contribution in [2.75, 3.05) is 17.2 Å². The molecular formula is C12H17N5O3. The molecule has 2 rings (SSSR count). The van der Waals surface area contributed by atoms with Crippen LogP contribution < -0.4 is 16.0 Å². The van der Waals surface area contributed by atoms with E-state index in [4.69, 9.17) is 10.8 Å². The Hall–Kier alpha value is -2.38. The molecule has 0 spiro atoms. The van der Waals surface area contributed by atoms with Crippen molar-refractivity contribution in [2.45, 2.75) is 32.2 Å². The number of aromatic nitrogens is 2. The molecule has 1 aromatic rings. The molecule has 108 valence electrons. The molecule has 8 heteroatoms. The lowest BCUT2D eigenvalue weighted by molar-refractivity contribution is 0.0697. The highest BCUT2D eigenvalue weighted by Gasteiger charge is 2.41. The molecule has 0 saturated carbocycles. The molecule has 1 saturated heterocycles. The molecule has 0 aliphatic carbocycles. The zero-order valence-corrected chi connectivity index (χ0v) is 11.4. The van der Waals surface area contributed by atoms with E-state index in [1.807, 2.05) is 13.8 Å². The number of carboxylic acid groups (broad SMARTS) is 1. The molecule has 8 nitrogen and oxygen atoms in total. The van der Waals surface area contributed by atoms with Gasteiger partial charge in [-0.2, -0.15) is 4.98 Å². The number of rotatable bonds is 4. The van der Waals surface area contributed by atoms with Gasteiger partial charge < -0.3 is 16.2 Å². The summed E-state index contributed by atoms with van der Waals surface area (Å²) in [7, 11) is 0. The molecule has 0 aromatic carbocycles. The van der Waals surface area contributed by atoms with E-state index in [9.17, 15) is 9.59 Å². The quantitative estimate of drug-likeness (QED) is 0.751. The van der Waals surface area contributed by atoms with E-state index in [0.29, 0.717) is 6.54 Å². The summed E-state index contributed by atoms with van der Waals surface area (Å²) < 4.78 is 0. The third-order valence-corrected chi connectivity index (χ3v) is 3.71. The number of hydrogen-bond acceptors (Lipinski definition) is 5. The van der Waals surface area contributed by atoms with Crippen molar-refractivity contribution in [3.63, 3.8) is 0 Å². The molecule has 2 amide bonds. The van der Waals surface area contributed by atoms with Crippen LogP contribution in [-0.2, 0) is 0 Å². The predicted octanol–water partition coefficient (Wildman–Crippen LogP) is 0.845. The van der Waals surface area contributed by atoms with E-state index in [1.54, 1.807) is 0 Å². The molecule has 2 heterocycles. The van der Waals surface area contributed by atoms with Gasteiger partial charge in [0.2, 0.25) is 5.95 Å². The second-order valence-electron chi connectivity index (χ2n) is 4.78. The van der Waals surface area contributed by atoms with Crippen LogP contribution in [-0.4, -0.2) is 39.2 Å². The Balaban J connectivity index is 2.31. The summed E-state index contributed by atoms with van der Waals surface area (Å²) in [5, 5.41) is 11.8. The van der Waals surface area contributed by atoms with Crippen molar-refractivity contribution in [2.24, 2.45) is 0 Å². The largest absolute Gasteiger partial charge is 0.477 e. The number of aromatic carboxylic acids is 1. The van der Waals surface area contributed by atoms with Crippen molar-refractivity contribution in [3.05, 3.63) is 11.8 Å². The summed E-state index contributed by atoms with van der Waals surface area (Å²) in [6, 6.07) is -0.295. The van der Waals surface area contributed by atoms with Crippen LogP contribution in [0.4, 0.5) is 16.6 Å². The van der Waals surface area contributed by atoms with Gasteiger partial charge in [0.25, 0.3) is 0 Å². The summed E-state index contributed by atoms with van der Waals surface area (Å²) in [5.74, 6) is -1.23. The number of carbonyl (C=O) groups is 2. The standard InChI is InChI=1S/C12H17N5O3/c1-3-12(4-2)6-17(11(20)16-12)10-14-5-7(9(18)19)8(13)15-10/h5H,3-4,6H2,1-2H3,(H,16,20)(H,18,19)(H2,13,14,15). The second kappa shape index (κ2) is 4.95. The van der Waals surface area contributed by atoms with Gasteiger partial charge in [0.15, 0.2) is 0 Å². The first-order valence-electron chi connectivity index (χ1n) is 6.38. The lowest BCUT2D eigenvalue weighted by Crippen LogP contribution is -2.41. The van der Waals surface area contributed by atoms with Crippen LogP contribution in [0.15, 0.2) is 6.20 Å². The molecule has 0 atom stereocenters. The van der Waals surface area contributed by atoms with Crippen molar-refractivity contribution in [1.29, 1.82) is 0 Å². The Kier molecular flexibility index (Phi) is 3.47. The summed E-state index contributed by atoms with van der Waals surface area (Å²) in [5.41, 5.74) is 5.10. The number of hydrogen-bond donors (Lipinski definition) is 3. The van der Waals surface area contributed by atoms with Gasteiger partial charge in [0.05, 0.1) is 12.1 Å². The molecule has 20 heavy (non-hydrogen) atoms. The first kappa shape index (κ1) is 14.0. The first-order chi connectivity index (χ1) is 9.42. The number of carbonyl (C=O) groups excluding carboxylic acids is 1. The summed E-state index contributed by atoms with van der Waals surface area (Å²) in [4.78, 5) is 32.1. The second-order valence-corrected chi connectivity index (χ2v) is 4.78. The lowest BCUT2D eigenvalue weighted by Gasteiger charge is -2.24. The van der Waals surface area contributed by atoms with Crippen LogP contribution in [0.3, 0.4) is 0 Å². The number of urea groups is 1. The van der Waals surface area contributed by atoms with Crippen molar-refractivity contribution in [3.8, 4) is 0 Å². The molecule has 1 aliphatic rings. The molecular weight excluding hydrogens is 262 g/mol. The number of anilines is 2. The molecule has 0 bridgehead atoms. The fraction of sp³-hybridized carbons (Fsp3) is 0.500. The van der Waals surface area contributed by atoms with Gasteiger partial charge in [0.1, 0.15) is 11.4 Å². The Morgan fingerprint density at radius 2 is 2.20 bits per heavy atom. The Labute approximate surface area is 116 Å². The Bertz CT molecular complexity index is 556. The predicted molar refractivity (Wildman–Crippen MR) is 72.6 cm³/mol. The topological polar surface area (TPSA) is 121 Å². The van der Waals surface area contributed by atoms with Crippen molar-refractivity contribution in [1.82, 2.24) is 15.3 Å². The fourth-order valence-electron chi connectivity index (χ4n) is 2.20. The number of nitrogens with two attached hydrogens (primary N) is 1. The number of carboxylic acids is 1. The van der Waals surface area contributed by atoms with Crippen molar-refractivity contribution >= 4 is 23.8 Å². The maximum Gasteiger partial charge on any atom is 0.341 e. The van der Waals surface area contributed by atoms with E-state index in [1.165, 1.54) is 4.90 Å². The van der Waals surface area contributed by atoms with E-state index < -0.39 is 5.97 Å². The van der Waals surface area contributed by atoms with E-state index in [-0.39, 0.29) is 28.9 Å². The Morgan fingerprint density at radius 3 is 2.65 bits per heavy atom. The van der Waals surface area contributed by atoms with Crippen LogP contribution >= 0.6 is 0 Å². The van der Waals surface area contributed by atoms with E-state index in [2.05, 4.69) is 15.3 Å². The van der Waals surface area contributed by atoms with Gasteiger partial charge in [-0.1, -0.05) is 13.8 Å². The molecule has 1 fully saturated rings. The lowest BCUT2D eigenvalue weighted by atomic mass is 9.94. The maximum atomic E-state index is 12.0. The monoisotopic (exact) mass is 279 g/mol. The minimum Gasteiger partial charge on any atom is -0.477 e. The van der Waals surface area contributed by atoms with E-state index >= 15 is 0 Å². The van der Waals surface area contributed by atoms with Crippen LogP contribution in [0.5, 0.6) is 0 Å². The van der Waals surface area contributed by atoms with Gasteiger partial charge in [-0.25, -0.2) is 14.6 Å². The maximum absolute atomic E-state index is 12.0. The van der Waals surface area contributed by atoms with Crippen LogP contribution in [0.2, 0.25) is 0 Å². The highest BCUT2D eigenvalue weighted by Crippen LogP contribution is 2.26. The third kappa shape index (κ3) is 2.24. The van der Waals surface area contributed by atoms with Crippen LogP contribution in [0.25, 0.3) is 0 Å². The van der Waals surface area contributed by atoms with Crippen molar-refractivity contribution < 1.29 is 14.7 Å². The van der Waals surface area contributed by atoms with Gasteiger partial charge in [0, 0.05) is 6.20 Å². The van der Waals surface area contributed by atoms with Gasteiger partial charge >= 0.3 is 12.0 Å². The van der Waals surface area contributed by atoms with Crippen LogP contribution in [0, 0.1) is 0 Å². The Morgan fingerprint density at radius 1 is 1.55 bits per heavy atom. The third-order valence-electron chi connectivity index (χ3n) is 3.71. The molecule has 0 unspecified atom stereocenters. The number of amides is 2. The highest BCUT2D eigenvalue weighted by molar-refractivity contribution is 5.95. The van der Waals surface area contributed by atoms with E-state index in [0.717, 1.165) is 19.0 Å². The average Bonchev–Trinajstić information content (AvgIpc) is 2.76. The number of nitrogen functional groups attached to an aromatic ring is 1. The minimum absolute atomic E-state index is 0.119. The van der Waals surface area contributed by atoms with Gasteiger partial charge in [-0.3, -0.25) is 4.90 Å². The van der Waals surface area contributed by atoms with Crippen LogP contribution in [0.1, 0.15) is 37.0 Å². The summed E-state index contributed by atoms with van der Waals surface area (Å²) >= 11 is 0.